The number of nitrogens with one attached hydrogen (secondary N) is 2. The Labute approximate surface area is 536 Å². The van der Waals surface area contributed by atoms with Gasteiger partial charge in [-0.1, -0.05) is 0 Å². The second-order valence-corrected chi connectivity index (χ2v) is 23.9. The van der Waals surface area contributed by atoms with Gasteiger partial charge in [-0.2, -0.15) is 0 Å². The Balaban J connectivity index is 1.15. The summed E-state index contributed by atoms with van der Waals surface area (Å²) in [6.45, 7) is -6.26. The van der Waals surface area contributed by atoms with Crippen LogP contribution in [0.1, 0.15) is 13.8 Å². The number of hydrogen-bond acceptors (Lipinski definition) is 41. The quantitative estimate of drug-likeness (QED) is 0.0427. The van der Waals surface area contributed by atoms with Crippen molar-refractivity contribution < 1.29 is 203 Å². The molecule has 8 fully saturated rings. The number of amides is 2. The summed E-state index contributed by atoms with van der Waals surface area (Å²) < 4.78 is 87.0. The molecule has 8 aliphatic heterocycles. The van der Waals surface area contributed by atoms with Crippen molar-refractivity contribution in [2.24, 2.45) is 0 Å². The fourth-order valence-corrected chi connectivity index (χ4v) is 12.0. The summed E-state index contributed by atoms with van der Waals surface area (Å²) >= 11 is 0. The van der Waals surface area contributed by atoms with Gasteiger partial charge in [0.25, 0.3) is 0 Å². The number of carbonyl (C=O) groups excluding carboxylic acids is 2. The topological polar surface area (TPSA) is 682 Å². The van der Waals surface area contributed by atoms with Gasteiger partial charge in [0.1, 0.15) is 195 Å². The molecule has 8 heterocycles. The highest BCUT2D eigenvalue weighted by molar-refractivity contribution is 5.73. The number of aliphatic hydroxyl groups is 24. The Morgan fingerprint density at radius 1 is 0.274 bits per heavy atom. The fourth-order valence-electron chi connectivity index (χ4n) is 12.0. The predicted molar refractivity (Wildman–Crippen MR) is 288 cm³/mol. The first-order valence-electron chi connectivity index (χ1n) is 30.1. The molecule has 0 aromatic carbocycles. The van der Waals surface area contributed by atoms with Crippen LogP contribution in [0.5, 0.6) is 0 Å². The second kappa shape index (κ2) is 33.9. The maximum absolute atomic E-state index is 12.8. The molecule has 0 aliphatic carbocycles. The van der Waals surface area contributed by atoms with Crippen LogP contribution >= 0.6 is 0 Å². The van der Waals surface area contributed by atoms with Gasteiger partial charge in [-0.05, 0) is 0 Å². The molecule has 8 aliphatic rings. The van der Waals surface area contributed by atoms with E-state index in [-0.39, 0.29) is 0 Å². The summed E-state index contributed by atoms with van der Waals surface area (Å²) in [5, 5.41) is 267. The lowest BCUT2D eigenvalue weighted by atomic mass is 9.94. The molecule has 2 amide bonds. The summed E-state index contributed by atoms with van der Waals surface area (Å²) in [5.74, 6) is -1.68. The van der Waals surface area contributed by atoms with Gasteiger partial charge in [0, 0.05) is 13.8 Å². The lowest BCUT2D eigenvalue weighted by Crippen LogP contribution is -2.70. The molecular formula is C52H88N2O41. The number of hydrogen-bond donors (Lipinski definition) is 26. The van der Waals surface area contributed by atoms with Crippen molar-refractivity contribution in [3.8, 4) is 0 Å². The zero-order valence-electron chi connectivity index (χ0n) is 50.4. The maximum atomic E-state index is 12.8. The summed E-state index contributed by atoms with van der Waals surface area (Å²) in [7, 11) is 0. The van der Waals surface area contributed by atoms with Gasteiger partial charge in [-0.25, -0.2) is 0 Å². The summed E-state index contributed by atoms with van der Waals surface area (Å²) in [4.78, 5) is 24.9. The normalized spacial score (nSPS) is 50.8. The highest BCUT2D eigenvalue weighted by Crippen LogP contribution is 2.39. The van der Waals surface area contributed by atoms with Crippen LogP contribution in [-0.4, -0.2) is 433 Å². The van der Waals surface area contributed by atoms with Crippen LogP contribution in [-0.2, 0) is 80.6 Å². The first kappa shape index (κ1) is 78.1. The van der Waals surface area contributed by atoms with Gasteiger partial charge in [0.2, 0.25) is 11.8 Å². The van der Waals surface area contributed by atoms with Crippen LogP contribution in [0.2, 0.25) is 0 Å². The number of aliphatic hydroxyl groups excluding tert-OH is 24. The molecule has 552 valence electrons. The third kappa shape index (κ3) is 17.0. The molecule has 0 aromatic rings. The van der Waals surface area contributed by atoms with E-state index >= 15 is 0 Å². The molecule has 95 heavy (non-hydrogen) atoms. The van der Waals surface area contributed by atoms with Crippen molar-refractivity contribution >= 4 is 11.8 Å². The third-order valence-corrected chi connectivity index (χ3v) is 17.4. The van der Waals surface area contributed by atoms with Crippen LogP contribution in [0.25, 0.3) is 0 Å². The molecule has 1 unspecified atom stereocenters. The van der Waals surface area contributed by atoms with E-state index in [0.717, 1.165) is 13.8 Å². The van der Waals surface area contributed by atoms with Crippen molar-refractivity contribution in [1.82, 2.24) is 10.6 Å². The highest BCUT2D eigenvalue weighted by Gasteiger charge is 2.60. The van der Waals surface area contributed by atoms with E-state index in [0.29, 0.717) is 0 Å². The van der Waals surface area contributed by atoms with Crippen LogP contribution in [0.4, 0.5) is 0 Å². The van der Waals surface area contributed by atoms with E-state index in [1.54, 1.807) is 0 Å². The summed E-state index contributed by atoms with van der Waals surface area (Å²) in [6, 6.07) is -3.49. The maximum Gasteiger partial charge on any atom is 0.217 e. The Hall–Kier alpha value is -2.62. The predicted octanol–water partition coefficient (Wildman–Crippen LogP) is -18.2. The smallest absolute Gasteiger partial charge is 0.217 e. The van der Waals surface area contributed by atoms with Gasteiger partial charge in [-0.15, -0.1) is 0 Å². The standard InChI is InChI=1S/C52H88N2O41/c1-11(61)53-21-29(69)40(17(7-59)83-45(21)80)91-46-22(54-12(2)62)30(70)41(18(8-60)88-46)92-50-39(79)42(28(68)20(89-50)10-82-48-37(77)32(72)24(64)14(4-56)85-48)93-52-44(35(75)27(67)19(90-52)9-81-47-36(76)31(71)23(63)13(3-55)84-47)95-51-43(34(74)26(66)16(6-58)87-51)94-49-38(78)33(73)25(65)15(5-57)86-49/h13-52,55-60,63-80H,3-10H2,1-2H3,(H,53,61)(H,54,62)/t13-,14-,15-,16-,17-,18-,19-,20-,21-,22-,23-,24-,25-,26-,27-,28-,29-,30-,31+,32+,33+,34+,35+,36+,37+,38+,39+,40-,41-,42+,43+,44+,45?,46+,47+,48+,49-,50+,51-,52-/m1/s1. The molecule has 26 N–H and O–H groups in total. The van der Waals surface area contributed by atoms with E-state index in [2.05, 4.69) is 10.6 Å². The zero-order chi connectivity index (χ0) is 69.9. The Morgan fingerprint density at radius 3 is 1.02 bits per heavy atom. The van der Waals surface area contributed by atoms with E-state index in [9.17, 15) is 132 Å². The van der Waals surface area contributed by atoms with Gasteiger partial charge >= 0.3 is 0 Å². The molecule has 40 atom stereocenters. The molecule has 43 heteroatoms. The van der Waals surface area contributed by atoms with Crippen LogP contribution < -0.4 is 10.6 Å². The largest absolute Gasteiger partial charge is 0.394 e. The van der Waals surface area contributed by atoms with Gasteiger partial charge in [0.15, 0.2) is 50.3 Å². The van der Waals surface area contributed by atoms with E-state index in [1.807, 2.05) is 0 Å². The summed E-state index contributed by atoms with van der Waals surface area (Å²) in [6.07, 6.45) is -78.9. The van der Waals surface area contributed by atoms with Crippen molar-refractivity contribution in [2.45, 2.75) is 259 Å². The molecule has 8 rings (SSSR count). The van der Waals surface area contributed by atoms with E-state index in [4.69, 9.17) is 71.1 Å². The second-order valence-electron chi connectivity index (χ2n) is 23.9. The van der Waals surface area contributed by atoms with Gasteiger partial charge in [-0.3, -0.25) is 9.59 Å². The molecule has 0 aromatic heterocycles. The van der Waals surface area contributed by atoms with Crippen LogP contribution in [0, 0.1) is 0 Å². The van der Waals surface area contributed by atoms with Gasteiger partial charge < -0.3 is 204 Å². The van der Waals surface area contributed by atoms with Crippen molar-refractivity contribution in [3.63, 3.8) is 0 Å². The van der Waals surface area contributed by atoms with Crippen molar-refractivity contribution in [3.05, 3.63) is 0 Å². The first-order valence-corrected chi connectivity index (χ1v) is 30.1. The Kier molecular flexibility index (Phi) is 27.9. The zero-order valence-corrected chi connectivity index (χ0v) is 50.4. The molecule has 0 radical (unpaired) electrons. The molecule has 0 saturated carbocycles. The lowest BCUT2D eigenvalue weighted by Gasteiger charge is -2.51. The average molecular weight is 1400 g/mol. The first-order chi connectivity index (χ1) is 44.9. The van der Waals surface area contributed by atoms with E-state index < -0.39 is 310 Å². The summed E-state index contributed by atoms with van der Waals surface area (Å²) in [5.41, 5.74) is 0. The molecule has 43 nitrogen and oxygen atoms in total. The third-order valence-electron chi connectivity index (χ3n) is 17.4. The number of ether oxygens (including phenoxy) is 15. The molecule has 0 bridgehead atoms. The monoisotopic (exact) mass is 1400 g/mol. The minimum Gasteiger partial charge on any atom is -0.394 e. The molecular weight excluding hydrogens is 1310 g/mol. The molecule has 8 saturated heterocycles. The SMILES string of the molecule is CC(=O)N[C@H]1[C@H](O[C@H]2[C@H](O)[C@@H](NC(C)=O)C(O)O[C@@H]2CO)O[C@H](CO)[C@@H](O[C@@H]2O[C@H](CO[C@H]3O[C@H](CO)[C@@H](O)[C@H](O)[C@@H]3O)[C@@H](O)[C@H](O[C@H]3O[C@H](CO[C@H]4O[C@H](CO)[C@@H](O)[C@H](O)[C@@H]4O)[C@@H](O)[C@H](O)[C@@H]3O[C@H]3O[C@H](CO)[C@@H](O)[C@H](O)[C@@H]3O[C@H]3O[C@H](CO)[C@@H](O)[C@H](O)[C@@H]3O)[C@@H]2O)[C@@H]1O. The van der Waals surface area contributed by atoms with Crippen molar-refractivity contribution in [2.75, 3.05) is 52.9 Å². The lowest BCUT2D eigenvalue weighted by molar-refractivity contribution is -0.409. The van der Waals surface area contributed by atoms with E-state index in [1.165, 1.54) is 0 Å². The van der Waals surface area contributed by atoms with Crippen molar-refractivity contribution in [1.29, 1.82) is 0 Å². The average Bonchev–Trinajstić information content (AvgIpc) is 0.774. The minimum atomic E-state index is -2.54. The Bertz CT molecular complexity index is 2380. The number of rotatable bonds is 24. The van der Waals surface area contributed by atoms with Crippen LogP contribution in [0.15, 0.2) is 0 Å². The minimum absolute atomic E-state index is 0.766. The van der Waals surface area contributed by atoms with Gasteiger partial charge in [0.05, 0.1) is 52.9 Å². The molecule has 0 spiro atoms. The number of carbonyl (C=O) groups is 2. The van der Waals surface area contributed by atoms with Crippen LogP contribution in [0.3, 0.4) is 0 Å². The fraction of sp³-hybridized carbons (Fsp3) is 0.962. The Morgan fingerprint density at radius 2 is 0.568 bits per heavy atom. The highest BCUT2D eigenvalue weighted by atomic mass is 16.8.